The molecule has 2 heterocycles. The highest BCUT2D eigenvalue weighted by molar-refractivity contribution is 5.02. The first-order chi connectivity index (χ1) is 9.08. The van der Waals surface area contributed by atoms with Crippen LogP contribution in [-0.2, 0) is 18.2 Å². The van der Waals surface area contributed by atoms with Gasteiger partial charge in [0.1, 0.15) is 5.82 Å². The van der Waals surface area contributed by atoms with Gasteiger partial charge in [-0.05, 0) is 13.3 Å². The summed E-state index contributed by atoms with van der Waals surface area (Å²) in [6, 6.07) is 0.0803. The summed E-state index contributed by atoms with van der Waals surface area (Å²) in [5, 5.41) is 0. The molecule has 1 saturated heterocycles. The summed E-state index contributed by atoms with van der Waals surface area (Å²) in [4.78, 5) is 6.86. The smallest absolute Gasteiger partial charge is 0.109 e. The van der Waals surface area contributed by atoms with Crippen LogP contribution in [0.3, 0.4) is 0 Å². The van der Waals surface area contributed by atoms with Crippen molar-refractivity contribution in [3.63, 3.8) is 0 Å². The molecule has 1 aliphatic heterocycles. The zero-order chi connectivity index (χ0) is 13.9. The van der Waals surface area contributed by atoms with Gasteiger partial charge >= 0.3 is 0 Å². The molecule has 5 nitrogen and oxygen atoms in total. The van der Waals surface area contributed by atoms with Gasteiger partial charge in [-0.2, -0.15) is 0 Å². The lowest BCUT2D eigenvalue weighted by molar-refractivity contribution is -0.0275. The van der Waals surface area contributed by atoms with Crippen molar-refractivity contribution in [3.8, 4) is 0 Å². The van der Waals surface area contributed by atoms with Crippen molar-refractivity contribution in [3.05, 3.63) is 18.2 Å². The number of aryl methyl sites for hydroxylation is 1. The molecule has 1 fully saturated rings. The molecule has 5 heteroatoms. The van der Waals surface area contributed by atoms with Crippen LogP contribution in [-0.4, -0.2) is 52.3 Å². The van der Waals surface area contributed by atoms with Gasteiger partial charge in [0.2, 0.25) is 0 Å². The average Bonchev–Trinajstić information content (AvgIpc) is 2.84. The SMILES string of the molecule is CCC(C)(C(N)Cc1nccn1C)N1CCOCC1. The highest BCUT2D eigenvalue weighted by Gasteiger charge is 2.37. The first kappa shape index (κ1) is 14.5. The van der Waals surface area contributed by atoms with Gasteiger partial charge in [0.25, 0.3) is 0 Å². The van der Waals surface area contributed by atoms with Crippen LogP contribution in [0.5, 0.6) is 0 Å². The third-order valence-electron chi connectivity index (χ3n) is 4.57. The van der Waals surface area contributed by atoms with E-state index in [0.29, 0.717) is 0 Å². The highest BCUT2D eigenvalue weighted by atomic mass is 16.5. The molecular weight excluding hydrogens is 240 g/mol. The Morgan fingerprint density at radius 2 is 2.16 bits per heavy atom. The van der Waals surface area contributed by atoms with Crippen LogP contribution >= 0.6 is 0 Å². The van der Waals surface area contributed by atoms with Gasteiger partial charge in [0, 0.05) is 50.5 Å². The topological polar surface area (TPSA) is 56.3 Å². The Kier molecular flexibility index (Phi) is 4.60. The quantitative estimate of drug-likeness (QED) is 0.856. The highest BCUT2D eigenvalue weighted by Crippen LogP contribution is 2.25. The summed E-state index contributed by atoms with van der Waals surface area (Å²) < 4.78 is 7.50. The van der Waals surface area contributed by atoms with Crippen LogP contribution < -0.4 is 5.73 Å². The second-order valence-corrected chi connectivity index (χ2v) is 5.58. The Bertz CT molecular complexity index is 400. The molecule has 0 aromatic carbocycles. The number of hydrogen-bond donors (Lipinski definition) is 1. The summed E-state index contributed by atoms with van der Waals surface area (Å²) in [6.45, 7) is 8.05. The Labute approximate surface area is 115 Å². The number of nitrogens with zero attached hydrogens (tertiary/aromatic N) is 3. The fraction of sp³-hybridized carbons (Fsp3) is 0.786. The number of aromatic nitrogens is 2. The van der Waals surface area contributed by atoms with E-state index in [1.807, 2.05) is 19.4 Å². The van der Waals surface area contributed by atoms with Crippen LogP contribution in [0.1, 0.15) is 26.1 Å². The fourth-order valence-corrected chi connectivity index (χ4v) is 2.80. The van der Waals surface area contributed by atoms with Gasteiger partial charge in [0.15, 0.2) is 0 Å². The predicted molar refractivity (Wildman–Crippen MR) is 76.0 cm³/mol. The monoisotopic (exact) mass is 266 g/mol. The molecule has 0 saturated carbocycles. The Hall–Kier alpha value is -0.910. The van der Waals surface area contributed by atoms with Crippen LogP contribution in [0.2, 0.25) is 0 Å². The van der Waals surface area contributed by atoms with E-state index in [-0.39, 0.29) is 11.6 Å². The third-order valence-corrected chi connectivity index (χ3v) is 4.57. The molecule has 1 aromatic heterocycles. The molecule has 2 unspecified atom stereocenters. The molecular formula is C14H26N4O. The molecule has 0 bridgehead atoms. The average molecular weight is 266 g/mol. The maximum absolute atomic E-state index is 6.52. The zero-order valence-electron chi connectivity index (χ0n) is 12.3. The van der Waals surface area contributed by atoms with E-state index in [4.69, 9.17) is 10.5 Å². The van der Waals surface area contributed by atoms with E-state index in [1.54, 1.807) is 0 Å². The number of rotatable bonds is 5. The van der Waals surface area contributed by atoms with Gasteiger partial charge in [0.05, 0.1) is 13.2 Å². The number of hydrogen-bond acceptors (Lipinski definition) is 4. The molecule has 1 aromatic rings. The van der Waals surface area contributed by atoms with Crippen molar-refractivity contribution >= 4 is 0 Å². The van der Waals surface area contributed by atoms with Crippen LogP contribution in [0.4, 0.5) is 0 Å². The number of ether oxygens (including phenoxy) is 1. The maximum Gasteiger partial charge on any atom is 0.109 e. The van der Waals surface area contributed by atoms with Gasteiger partial charge in [-0.3, -0.25) is 4.90 Å². The number of imidazole rings is 1. The van der Waals surface area contributed by atoms with Gasteiger partial charge in [-0.25, -0.2) is 4.98 Å². The van der Waals surface area contributed by atoms with Crippen molar-refractivity contribution in [1.82, 2.24) is 14.5 Å². The second-order valence-electron chi connectivity index (χ2n) is 5.58. The van der Waals surface area contributed by atoms with Crippen molar-refractivity contribution < 1.29 is 4.74 Å². The largest absolute Gasteiger partial charge is 0.379 e. The first-order valence-corrected chi connectivity index (χ1v) is 7.12. The minimum atomic E-state index is 0.00965. The maximum atomic E-state index is 6.52. The molecule has 0 radical (unpaired) electrons. The summed E-state index contributed by atoms with van der Waals surface area (Å²) >= 11 is 0. The first-order valence-electron chi connectivity index (χ1n) is 7.12. The van der Waals surface area contributed by atoms with E-state index in [0.717, 1.165) is 45.0 Å². The van der Waals surface area contributed by atoms with Crippen molar-refractivity contribution in [2.45, 2.75) is 38.3 Å². The second kappa shape index (κ2) is 6.03. The zero-order valence-corrected chi connectivity index (χ0v) is 12.3. The molecule has 108 valence electrons. The predicted octanol–water partition coefficient (Wildman–Crippen LogP) is 0.791. The van der Waals surface area contributed by atoms with Gasteiger partial charge in [-0.15, -0.1) is 0 Å². The summed E-state index contributed by atoms with van der Waals surface area (Å²) in [7, 11) is 2.02. The molecule has 0 aliphatic carbocycles. The van der Waals surface area contributed by atoms with Gasteiger partial charge < -0.3 is 15.0 Å². The third kappa shape index (κ3) is 2.99. The molecule has 2 atom stereocenters. The Morgan fingerprint density at radius 1 is 1.47 bits per heavy atom. The number of morpholine rings is 1. The summed E-state index contributed by atoms with van der Waals surface area (Å²) in [6.07, 6.45) is 5.66. The summed E-state index contributed by atoms with van der Waals surface area (Å²) in [5.41, 5.74) is 6.53. The molecule has 0 spiro atoms. The lowest BCUT2D eigenvalue weighted by Crippen LogP contribution is -2.61. The fourth-order valence-electron chi connectivity index (χ4n) is 2.80. The molecule has 1 aliphatic rings. The van der Waals surface area contributed by atoms with Crippen LogP contribution in [0.25, 0.3) is 0 Å². The van der Waals surface area contributed by atoms with Gasteiger partial charge in [-0.1, -0.05) is 6.92 Å². The van der Waals surface area contributed by atoms with E-state index in [9.17, 15) is 0 Å². The normalized spacial score (nSPS) is 22.1. The van der Waals surface area contributed by atoms with Crippen LogP contribution in [0, 0.1) is 0 Å². The van der Waals surface area contributed by atoms with Crippen molar-refractivity contribution in [2.24, 2.45) is 12.8 Å². The van der Waals surface area contributed by atoms with E-state index in [1.165, 1.54) is 0 Å². The van der Waals surface area contributed by atoms with E-state index in [2.05, 4.69) is 28.3 Å². The molecule has 19 heavy (non-hydrogen) atoms. The molecule has 0 amide bonds. The van der Waals surface area contributed by atoms with Crippen molar-refractivity contribution in [2.75, 3.05) is 26.3 Å². The number of nitrogens with two attached hydrogens (primary N) is 1. The molecule has 2 N–H and O–H groups in total. The Morgan fingerprint density at radius 3 is 2.68 bits per heavy atom. The summed E-state index contributed by atoms with van der Waals surface area (Å²) in [5.74, 6) is 1.06. The molecule has 2 rings (SSSR count). The minimum absolute atomic E-state index is 0.00965. The Balaban J connectivity index is 2.08. The standard InChI is InChI=1S/C14H26N4O/c1-4-14(2,18-7-9-19-10-8-18)12(15)11-13-16-5-6-17(13)3/h5-6,12H,4,7-11,15H2,1-3H3. The lowest BCUT2D eigenvalue weighted by Gasteiger charge is -2.46. The van der Waals surface area contributed by atoms with E-state index >= 15 is 0 Å². The van der Waals surface area contributed by atoms with Crippen molar-refractivity contribution in [1.29, 1.82) is 0 Å². The minimum Gasteiger partial charge on any atom is -0.379 e. The lowest BCUT2D eigenvalue weighted by atomic mass is 9.85. The van der Waals surface area contributed by atoms with E-state index < -0.39 is 0 Å². The van der Waals surface area contributed by atoms with Crippen LogP contribution in [0.15, 0.2) is 12.4 Å².